The van der Waals surface area contributed by atoms with E-state index < -0.39 is 23.4 Å². The van der Waals surface area contributed by atoms with Crippen LogP contribution in [0.4, 0.5) is 14.7 Å². The molecule has 0 aliphatic rings. The maximum Gasteiger partial charge on any atom is 0.416 e. The van der Waals surface area contributed by atoms with Crippen LogP contribution in [0, 0.1) is 6.92 Å². The Bertz CT molecular complexity index is 659. The van der Waals surface area contributed by atoms with Crippen molar-refractivity contribution in [2.24, 2.45) is 0 Å². The van der Waals surface area contributed by atoms with E-state index in [1.165, 1.54) is 16.2 Å². The SMILES string of the molecule is CCc1sc(N(C[C@H](C)NC(=O)OC(C)(C)C)C(=O)OC(C)(C)C)nc1C. The summed E-state index contributed by atoms with van der Waals surface area (Å²) >= 11 is 1.46. The van der Waals surface area contributed by atoms with E-state index in [9.17, 15) is 9.59 Å². The van der Waals surface area contributed by atoms with Crippen LogP contribution in [0.5, 0.6) is 0 Å². The van der Waals surface area contributed by atoms with Crippen molar-refractivity contribution in [3.63, 3.8) is 0 Å². The molecule has 27 heavy (non-hydrogen) atoms. The molecule has 1 N–H and O–H groups in total. The van der Waals surface area contributed by atoms with Gasteiger partial charge in [-0.2, -0.15) is 0 Å². The van der Waals surface area contributed by atoms with Gasteiger partial charge in [-0.15, -0.1) is 11.3 Å². The highest BCUT2D eigenvalue weighted by Gasteiger charge is 2.28. The molecule has 0 radical (unpaired) electrons. The first-order chi connectivity index (χ1) is 12.2. The molecule has 0 saturated carbocycles. The predicted molar refractivity (Wildman–Crippen MR) is 109 cm³/mol. The molecule has 8 heteroatoms. The van der Waals surface area contributed by atoms with Gasteiger partial charge in [0.2, 0.25) is 0 Å². The normalized spacial score (nSPS) is 13.1. The lowest BCUT2D eigenvalue weighted by Crippen LogP contribution is -2.47. The zero-order chi connectivity index (χ0) is 21.0. The number of aromatic nitrogens is 1. The van der Waals surface area contributed by atoms with E-state index in [-0.39, 0.29) is 12.6 Å². The Morgan fingerprint density at radius 3 is 2.15 bits per heavy atom. The van der Waals surface area contributed by atoms with Gasteiger partial charge in [0.25, 0.3) is 0 Å². The van der Waals surface area contributed by atoms with Crippen LogP contribution in [0.1, 0.15) is 66.0 Å². The molecule has 2 amide bonds. The van der Waals surface area contributed by atoms with E-state index in [0.717, 1.165) is 17.0 Å². The molecule has 0 aliphatic carbocycles. The minimum absolute atomic E-state index is 0.226. The highest BCUT2D eigenvalue weighted by molar-refractivity contribution is 7.15. The molecule has 0 saturated heterocycles. The second-order valence-electron chi connectivity index (χ2n) is 8.50. The first kappa shape index (κ1) is 23.2. The number of anilines is 1. The van der Waals surface area contributed by atoms with Crippen molar-refractivity contribution < 1.29 is 19.1 Å². The summed E-state index contributed by atoms with van der Waals surface area (Å²) in [5.41, 5.74) is -0.312. The molecule has 1 heterocycles. The molecule has 154 valence electrons. The van der Waals surface area contributed by atoms with Crippen molar-refractivity contribution in [2.75, 3.05) is 11.4 Å². The number of hydrogen-bond acceptors (Lipinski definition) is 6. The average molecular weight is 400 g/mol. The number of aryl methyl sites for hydroxylation is 2. The highest BCUT2D eigenvalue weighted by Crippen LogP contribution is 2.28. The van der Waals surface area contributed by atoms with Gasteiger partial charge in [-0.3, -0.25) is 4.90 Å². The van der Waals surface area contributed by atoms with Gasteiger partial charge in [-0.25, -0.2) is 14.6 Å². The summed E-state index contributed by atoms with van der Waals surface area (Å²) in [6.45, 7) is 16.9. The first-order valence-electron chi connectivity index (χ1n) is 9.18. The van der Waals surface area contributed by atoms with E-state index in [2.05, 4.69) is 17.2 Å². The Balaban J connectivity index is 2.97. The third-order valence-corrected chi connectivity index (χ3v) is 4.59. The van der Waals surface area contributed by atoms with Gasteiger partial charge < -0.3 is 14.8 Å². The van der Waals surface area contributed by atoms with Crippen LogP contribution in [0.3, 0.4) is 0 Å². The van der Waals surface area contributed by atoms with Gasteiger partial charge in [0.15, 0.2) is 5.13 Å². The van der Waals surface area contributed by atoms with Crippen molar-refractivity contribution in [1.82, 2.24) is 10.3 Å². The van der Waals surface area contributed by atoms with Gasteiger partial charge >= 0.3 is 12.2 Å². The predicted octanol–water partition coefficient (Wildman–Crippen LogP) is 4.67. The number of nitrogens with one attached hydrogen (secondary N) is 1. The molecule has 7 nitrogen and oxygen atoms in total. The van der Waals surface area contributed by atoms with Crippen LogP contribution in [0.15, 0.2) is 0 Å². The van der Waals surface area contributed by atoms with Gasteiger partial charge in [0, 0.05) is 10.9 Å². The number of alkyl carbamates (subject to hydrolysis) is 1. The van der Waals surface area contributed by atoms with E-state index in [4.69, 9.17) is 9.47 Å². The van der Waals surface area contributed by atoms with E-state index >= 15 is 0 Å². The van der Waals surface area contributed by atoms with Gasteiger partial charge in [-0.1, -0.05) is 6.92 Å². The minimum Gasteiger partial charge on any atom is -0.444 e. The quantitative estimate of drug-likeness (QED) is 0.778. The standard InChI is InChI=1S/C19H33N3O4S/c1-10-14-13(3)21-15(27-14)22(17(24)26-19(7,8)9)11-12(2)20-16(23)25-18(4,5)6/h12H,10-11H2,1-9H3,(H,20,23)/t12-/m0/s1. The van der Waals surface area contributed by atoms with Crippen LogP contribution < -0.4 is 10.2 Å². The molecule has 0 aromatic carbocycles. The zero-order valence-corrected chi connectivity index (χ0v) is 18.7. The fraction of sp³-hybridized carbons (Fsp3) is 0.737. The summed E-state index contributed by atoms with van der Waals surface area (Å²) in [5, 5.41) is 3.32. The minimum atomic E-state index is -0.628. The van der Waals surface area contributed by atoms with Crippen LogP contribution >= 0.6 is 11.3 Å². The van der Waals surface area contributed by atoms with E-state index in [1.54, 1.807) is 20.8 Å². The van der Waals surface area contributed by atoms with Gasteiger partial charge in [0.1, 0.15) is 11.2 Å². The number of carbonyl (C=O) groups is 2. The van der Waals surface area contributed by atoms with Crippen molar-refractivity contribution in [3.05, 3.63) is 10.6 Å². The molecule has 0 spiro atoms. The summed E-state index contributed by atoms with van der Waals surface area (Å²) in [4.78, 5) is 31.9. The lowest BCUT2D eigenvalue weighted by atomic mass is 10.2. The summed E-state index contributed by atoms with van der Waals surface area (Å²) < 4.78 is 10.8. The molecule has 1 aromatic heterocycles. The van der Waals surface area contributed by atoms with Crippen LogP contribution in [0.2, 0.25) is 0 Å². The zero-order valence-electron chi connectivity index (χ0n) is 17.9. The number of hydrogen-bond donors (Lipinski definition) is 1. The molecule has 1 aromatic rings. The second-order valence-corrected chi connectivity index (χ2v) is 9.56. The molecular weight excluding hydrogens is 366 g/mol. The maximum atomic E-state index is 12.7. The lowest BCUT2D eigenvalue weighted by Gasteiger charge is -2.28. The van der Waals surface area contributed by atoms with Gasteiger partial charge in [0.05, 0.1) is 12.2 Å². The average Bonchev–Trinajstić information content (AvgIpc) is 2.81. The number of thiazole rings is 1. The molecule has 0 aliphatic heterocycles. The third kappa shape index (κ3) is 8.15. The number of amides is 2. The molecule has 1 rings (SSSR count). The molecule has 1 atom stereocenters. The van der Waals surface area contributed by atoms with Crippen molar-refractivity contribution >= 4 is 28.7 Å². The van der Waals surface area contributed by atoms with Crippen LogP contribution in [-0.4, -0.2) is 41.0 Å². The molecule has 0 bridgehead atoms. The topological polar surface area (TPSA) is 80.8 Å². The van der Waals surface area contributed by atoms with Crippen LogP contribution in [-0.2, 0) is 15.9 Å². The molecular formula is C19H33N3O4S. The summed E-state index contributed by atoms with van der Waals surface area (Å²) in [5.74, 6) is 0. The van der Waals surface area contributed by atoms with Gasteiger partial charge in [-0.05, 0) is 61.8 Å². The maximum absolute atomic E-state index is 12.7. The summed E-state index contributed by atoms with van der Waals surface area (Å²) in [7, 11) is 0. The number of carbonyl (C=O) groups excluding carboxylic acids is 2. The monoisotopic (exact) mass is 399 g/mol. The Hall–Kier alpha value is -1.83. The Kier molecular flexibility index (Phi) is 7.66. The lowest BCUT2D eigenvalue weighted by molar-refractivity contribution is 0.0491. The van der Waals surface area contributed by atoms with Crippen molar-refractivity contribution in [2.45, 2.75) is 86.0 Å². The first-order valence-corrected chi connectivity index (χ1v) is 10.00. The largest absolute Gasteiger partial charge is 0.444 e. The fourth-order valence-electron chi connectivity index (χ4n) is 2.23. The summed E-state index contributed by atoms with van der Waals surface area (Å²) in [6, 6.07) is -0.346. The smallest absolute Gasteiger partial charge is 0.416 e. The molecule has 0 fully saturated rings. The van der Waals surface area contributed by atoms with Crippen molar-refractivity contribution in [3.8, 4) is 0 Å². The Labute approximate surface area is 166 Å². The number of ether oxygens (including phenoxy) is 2. The van der Waals surface area contributed by atoms with E-state index in [1.807, 2.05) is 34.6 Å². The number of nitrogens with zero attached hydrogens (tertiary/aromatic N) is 2. The summed E-state index contributed by atoms with van der Waals surface area (Å²) in [6.07, 6.45) is -0.169. The van der Waals surface area contributed by atoms with Crippen molar-refractivity contribution in [1.29, 1.82) is 0 Å². The number of rotatable bonds is 5. The van der Waals surface area contributed by atoms with E-state index in [0.29, 0.717) is 5.13 Å². The Morgan fingerprint density at radius 2 is 1.70 bits per heavy atom. The highest BCUT2D eigenvalue weighted by atomic mass is 32.1. The molecule has 0 unspecified atom stereocenters. The fourth-order valence-corrected chi connectivity index (χ4v) is 3.23. The third-order valence-electron chi connectivity index (χ3n) is 3.27. The second kappa shape index (κ2) is 8.91. The van der Waals surface area contributed by atoms with Crippen LogP contribution in [0.25, 0.3) is 0 Å². The Morgan fingerprint density at radius 1 is 1.15 bits per heavy atom.